The SMILES string of the molecule is CC(O)CCC(=O)Nc1cnccc1Cl. The lowest BCUT2D eigenvalue weighted by atomic mass is 10.2. The molecule has 1 aromatic rings. The Bertz CT molecular complexity index is 342. The molecular formula is C10H13ClN2O2. The first-order valence-corrected chi connectivity index (χ1v) is 5.05. The smallest absolute Gasteiger partial charge is 0.224 e. The van der Waals surface area contributed by atoms with Crippen molar-refractivity contribution in [3.05, 3.63) is 23.5 Å². The summed E-state index contributed by atoms with van der Waals surface area (Å²) < 4.78 is 0. The molecule has 0 spiro atoms. The fraction of sp³-hybridized carbons (Fsp3) is 0.400. The highest BCUT2D eigenvalue weighted by molar-refractivity contribution is 6.33. The van der Waals surface area contributed by atoms with Crippen LogP contribution in [0.4, 0.5) is 5.69 Å². The zero-order valence-electron chi connectivity index (χ0n) is 8.40. The molecule has 0 aromatic carbocycles. The monoisotopic (exact) mass is 228 g/mol. The number of hydrogen-bond acceptors (Lipinski definition) is 3. The largest absolute Gasteiger partial charge is 0.393 e. The molecule has 1 rings (SSSR count). The molecule has 1 unspecified atom stereocenters. The van der Waals surface area contributed by atoms with Crippen LogP contribution in [0.3, 0.4) is 0 Å². The minimum Gasteiger partial charge on any atom is -0.393 e. The maximum Gasteiger partial charge on any atom is 0.224 e. The Balaban J connectivity index is 2.48. The van der Waals surface area contributed by atoms with Gasteiger partial charge < -0.3 is 10.4 Å². The molecule has 4 nitrogen and oxygen atoms in total. The van der Waals surface area contributed by atoms with Crippen molar-refractivity contribution in [3.63, 3.8) is 0 Å². The fourth-order valence-corrected chi connectivity index (χ4v) is 1.17. The average Bonchev–Trinajstić information content (AvgIpc) is 2.18. The van der Waals surface area contributed by atoms with Gasteiger partial charge in [-0.05, 0) is 19.4 Å². The van der Waals surface area contributed by atoms with E-state index < -0.39 is 6.10 Å². The van der Waals surface area contributed by atoms with Gasteiger partial charge in [-0.2, -0.15) is 0 Å². The van der Waals surface area contributed by atoms with Gasteiger partial charge in [0.25, 0.3) is 0 Å². The minimum absolute atomic E-state index is 0.175. The summed E-state index contributed by atoms with van der Waals surface area (Å²) in [6, 6.07) is 1.60. The van der Waals surface area contributed by atoms with Crippen LogP contribution in [0.15, 0.2) is 18.5 Å². The van der Waals surface area contributed by atoms with Crippen molar-refractivity contribution in [2.24, 2.45) is 0 Å². The van der Waals surface area contributed by atoms with Crippen molar-refractivity contribution in [1.82, 2.24) is 4.98 Å². The lowest BCUT2D eigenvalue weighted by Gasteiger charge is -2.07. The molecule has 0 fully saturated rings. The summed E-state index contributed by atoms with van der Waals surface area (Å²) in [7, 11) is 0. The summed E-state index contributed by atoms with van der Waals surface area (Å²) >= 11 is 5.83. The third-order valence-electron chi connectivity index (χ3n) is 1.83. The second kappa shape index (κ2) is 5.68. The van der Waals surface area contributed by atoms with E-state index in [1.165, 1.54) is 6.20 Å². The summed E-state index contributed by atoms with van der Waals surface area (Å²) in [6.45, 7) is 1.64. The molecule has 0 bridgehead atoms. The number of carbonyl (C=O) groups excluding carboxylic acids is 1. The predicted octanol–water partition coefficient (Wildman–Crippen LogP) is 1.83. The van der Waals surface area contributed by atoms with Gasteiger partial charge in [0.2, 0.25) is 5.91 Å². The van der Waals surface area contributed by atoms with Crippen LogP contribution in [0.1, 0.15) is 19.8 Å². The Kier molecular flexibility index (Phi) is 4.52. The van der Waals surface area contributed by atoms with Crippen LogP contribution in [-0.4, -0.2) is 22.1 Å². The summed E-state index contributed by atoms with van der Waals surface area (Å²) in [5, 5.41) is 12.1. The molecule has 0 aliphatic heterocycles. The van der Waals surface area contributed by atoms with Gasteiger partial charge in [0, 0.05) is 12.6 Å². The maximum atomic E-state index is 11.4. The highest BCUT2D eigenvalue weighted by atomic mass is 35.5. The van der Waals surface area contributed by atoms with Crippen molar-refractivity contribution < 1.29 is 9.90 Å². The van der Waals surface area contributed by atoms with Crippen molar-refractivity contribution in [3.8, 4) is 0 Å². The number of nitrogens with zero attached hydrogens (tertiary/aromatic N) is 1. The zero-order chi connectivity index (χ0) is 11.3. The number of aliphatic hydroxyl groups excluding tert-OH is 1. The first-order chi connectivity index (χ1) is 7.09. The van der Waals surface area contributed by atoms with Gasteiger partial charge in [-0.25, -0.2) is 0 Å². The lowest BCUT2D eigenvalue weighted by molar-refractivity contribution is -0.116. The van der Waals surface area contributed by atoms with Gasteiger partial charge in [-0.3, -0.25) is 9.78 Å². The van der Waals surface area contributed by atoms with Crippen LogP contribution < -0.4 is 5.32 Å². The number of carbonyl (C=O) groups is 1. The van der Waals surface area contributed by atoms with E-state index in [-0.39, 0.29) is 12.3 Å². The number of aromatic nitrogens is 1. The Labute approximate surface area is 93.3 Å². The molecule has 2 N–H and O–H groups in total. The predicted molar refractivity (Wildman–Crippen MR) is 58.8 cm³/mol. The number of aliphatic hydroxyl groups is 1. The molecule has 1 aromatic heterocycles. The van der Waals surface area contributed by atoms with E-state index in [9.17, 15) is 4.79 Å². The highest BCUT2D eigenvalue weighted by Gasteiger charge is 2.06. The summed E-state index contributed by atoms with van der Waals surface area (Å²) in [5.41, 5.74) is 0.495. The van der Waals surface area contributed by atoms with Crippen LogP contribution in [0.2, 0.25) is 5.02 Å². The molecule has 15 heavy (non-hydrogen) atoms. The van der Waals surface area contributed by atoms with Gasteiger partial charge in [-0.1, -0.05) is 11.6 Å². The van der Waals surface area contributed by atoms with Gasteiger partial charge >= 0.3 is 0 Å². The van der Waals surface area contributed by atoms with Crippen LogP contribution in [0.5, 0.6) is 0 Å². The van der Waals surface area contributed by atoms with Crippen molar-refractivity contribution in [2.75, 3.05) is 5.32 Å². The number of pyridine rings is 1. The Hall–Kier alpha value is -1.13. The minimum atomic E-state index is -0.472. The summed E-state index contributed by atoms with van der Waals surface area (Å²) in [5.74, 6) is -0.175. The number of nitrogens with one attached hydrogen (secondary N) is 1. The topological polar surface area (TPSA) is 62.2 Å². The van der Waals surface area contributed by atoms with E-state index >= 15 is 0 Å². The third-order valence-corrected chi connectivity index (χ3v) is 2.16. The van der Waals surface area contributed by atoms with Crippen molar-refractivity contribution >= 4 is 23.2 Å². The van der Waals surface area contributed by atoms with Crippen molar-refractivity contribution in [1.29, 1.82) is 0 Å². The average molecular weight is 229 g/mol. The van der Waals surface area contributed by atoms with Gasteiger partial charge in [0.1, 0.15) is 0 Å². The molecule has 82 valence electrons. The molecule has 0 aliphatic rings. The van der Waals surface area contributed by atoms with E-state index in [1.54, 1.807) is 19.2 Å². The first-order valence-electron chi connectivity index (χ1n) is 4.67. The standard InChI is InChI=1S/C10H13ClN2O2/c1-7(14)2-3-10(15)13-9-6-12-5-4-8(9)11/h4-7,14H,2-3H2,1H3,(H,13,15). The quantitative estimate of drug-likeness (QED) is 0.827. The number of halogens is 1. The van der Waals surface area contributed by atoms with E-state index in [2.05, 4.69) is 10.3 Å². The van der Waals surface area contributed by atoms with E-state index in [0.29, 0.717) is 17.1 Å². The van der Waals surface area contributed by atoms with E-state index in [4.69, 9.17) is 16.7 Å². The molecule has 0 saturated carbocycles. The number of amides is 1. The Morgan fingerprint density at radius 1 is 1.73 bits per heavy atom. The molecule has 5 heteroatoms. The second-order valence-corrected chi connectivity index (χ2v) is 3.70. The molecule has 1 amide bonds. The Morgan fingerprint density at radius 3 is 3.07 bits per heavy atom. The van der Waals surface area contributed by atoms with Crippen LogP contribution >= 0.6 is 11.6 Å². The van der Waals surface area contributed by atoms with Gasteiger partial charge in [0.15, 0.2) is 0 Å². The molecule has 0 radical (unpaired) electrons. The number of hydrogen-bond donors (Lipinski definition) is 2. The molecule has 1 heterocycles. The fourth-order valence-electron chi connectivity index (χ4n) is 1.02. The first kappa shape index (κ1) is 11.9. The van der Waals surface area contributed by atoms with E-state index in [1.807, 2.05) is 0 Å². The van der Waals surface area contributed by atoms with Gasteiger partial charge in [0.05, 0.1) is 23.0 Å². The maximum absolute atomic E-state index is 11.4. The number of rotatable bonds is 4. The highest BCUT2D eigenvalue weighted by Crippen LogP contribution is 2.19. The van der Waals surface area contributed by atoms with Crippen LogP contribution in [0.25, 0.3) is 0 Å². The number of anilines is 1. The zero-order valence-corrected chi connectivity index (χ0v) is 9.16. The molecule has 0 aliphatic carbocycles. The van der Waals surface area contributed by atoms with E-state index in [0.717, 1.165) is 0 Å². The normalized spacial score (nSPS) is 12.2. The molecular weight excluding hydrogens is 216 g/mol. The second-order valence-electron chi connectivity index (χ2n) is 3.29. The summed E-state index contributed by atoms with van der Waals surface area (Å²) in [4.78, 5) is 15.2. The third kappa shape index (κ3) is 4.27. The van der Waals surface area contributed by atoms with Crippen LogP contribution in [-0.2, 0) is 4.79 Å². The molecule has 1 atom stereocenters. The van der Waals surface area contributed by atoms with Gasteiger partial charge in [-0.15, -0.1) is 0 Å². The Morgan fingerprint density at radius 2 is 2.47 bits per heavy atom. The van der Waals surface area contributed by atoms with Crippen molar-refractivity contribution in [2.45, 2.75) is 25.9 Å². The van der Waals surface area contributed by atoms with Crippen LogP contribution in [0, 0.1) is 0 Å². The lowest BCUT2D eigenvalue weighted by Crippen LogP contribution is -2.14. The molecule has 0 saturated heterocycles. The summed E-state index contributed by atoms with van der Waals surface area (Å²) in [6.07, 6.45) is 3.27.